The van der Waals surface area contributed by atoms with Crippen molar-refractivity contribution in [2.45, 2.75) is 12.6 Å². The van der Waals surface area contributed by atoms with Crippen LogP contribution in [-0.4, -0.2) is 54.2 Å². The molecule has 1 atom stereocenters. The Kier molecular flexibility index (Phi) is 6.25. The lowest BCUT2D eigenvalue weighted by Gasteiger charge is -2.27. The van der Waals surface area contributed by atoms with E-state index in [9.17, 15) is 4.39 Å². The van der Waals surface area contributed by atoms with Crippen molar-refractivity contribution in [2.24, 2.45) is 0 Å². The number of hydrogen-bond acceptors (Lipinski definition) is 4. The summed E-state index contributed by atoms with van der Waals surface area (Å²) in [7, 11) is 2.05. The van der Waals surface area contributed by atoms with E-state index in [-0.39, 0.29) is 11.9 Å². The van der Waals surface area contributed by atoms with Gasteiger partial charge in [0, 0.05) is 30.4 Å². The van der Waals surface area contributed by atoms with Crippen molar-refractivity contribution in [3.63, 3.8) is 0 Å². The summed E-state index contributed by atoms with van der Waals surface area (Å²) in [6.45, 7) is 3.31. The fourth-order valence-corrected chi connectivity index (χ4v) is 3.70. The maximum absolute atomic E-state index is 13.3. The van der Waals surface area contributed by atoms with Crippen LogP contribution in [0.3, 0.4) is 0 Å². The number of hydrogen-bond donors (Lipinski definition) is 0. The highest BCUT2D eigenvalue weighted by Crippen LogP contribution is 2.30. The third kappa shape index (κ3) is 4.85. The van der Waals surface area contributed by atoms with Gasteiger partial charge in [-0.2, -0.15) is 5.10 Å². The second kappa shape index (κ2) is 9.05. The fourth-order valence-electron chi connectivity index (χ4n) is 3.48. The van der Waals surface area contributed by atoms with Crippen LogP contribution in [-0.2, 0) is 16.0 Å². The van der Waals surface area contributed by atoms with E-state index >= 15 is 0 Å². The van der Waals surface area contributed by atoms with Crippen LogP contribution < -0.4 is 0 Å². The molecule has 4 rings (SSSR count). The Morgan fingerprint density at radius 2 is 1.97 bits per heavy atom. The van der Waals surface area contributed by atoms with Crippen LogP contribution >= 0.6 is 11.6 Å². The Morgan fingerprint density at radius 3 is 2.69 bits per heavy atom. The van der Waals surface area contributed by atoms with Crippen molar-refractivity contribution >= 4 is 11.6 Å². The van der Waals surface area contributed by atoms with Crippen LogP contribution in [0.1, 0.15) is 5.56 Å². The molecule has 0 bridgehead atoms. The van der Waals surface area contributed by atoms with Crippen LogP contribution in [0.5, 0.6) is 0 Å². The quantitative estimate of drug-likeness (QED) is 0.605. The van der Waals surface area contributed by atoms with E-state index in [1.165, 1.54) is 12.1 Å². The number of likely N-dealkylation sites (N-methyl/N-ethyl adjacent to an activating group) is 1. The van der Waals surface area contributed by atoms with Crippen LogP contribution in [0.15, 0.2) is 54.7 Å². The van der Waals surface area contributed by atoms with E-state index in [0.29, 0.717) is 31.4 Å². The summed E-state index contributed by atoms with van der Waals surface area (Å²) in [4.78, 5) is 2.19. The molecule has 0 unspecified atom stereocenters. The van der Waals surface area contributed by atoms with Gasteiger partial charge in [-0.3, -0.25) is 4.90 Å². The Balaban J connectivity index is 1.63. The zero-order valence-corrected chi connectivity index (χ0v) is 17.0. The van der Waals surface area contributed by atoms with Crippen LogP contribution in [0.2, 0.25) is 5.02 Å². The third-order valence-electron chi connectivity index (χ3n) is 4.85. The molecule has 0 aliphatic carbocycles. The van der Waals surface area contributed by atoms with Crippen molar-refractivity contribution in [3.8, 4) is 16.9 Å². The molecule has 1 saturated heterocycles. The standard InChI is InChI=1S/C22H23ClFN3O2/c1-26(14-19-15-28-10-11-29-19)12-16-13-27(18-8-6-17(24)7-9-18)25-22(16)20-4-2-3-5-21(20)23/h2-9,13,19H,10-12,14-15H2,1H3/t19-/m1/s1. The summed E-state index contributed by atoms with van der Waals surface area (Å²) in [5.74, 6) is -0.276. The minimum Gasteiger partial charge on any atom is -0.376 e. The minimum atomic E-state index is -0.276. The van der Waals surface area contributed by atoms with Crippen LogP contribution in [0.25, 0.3) is 16.9 Å². The Bertz CT molecular complexity index is 955. The number of nitrogens with zero attached hydrogens (tertiary/aromatic N) is 3. The number of ether oxygens (including phenoxy) is 2. The second-order valence-corrected chi connectivity index (χ2v) is 7.58. The topological polar surface area (TPSA) is 39.5 Å². The predicted octanol–water partition coefficient (Wildman–Crippen LogP) is 4.18. The summed E-state index contributed by atoms with van der Waals surface area (Å²) in [6, 6.07) is 13.9. The number of rotatable bonds is 6. The largest absolute Gasteiger partial charge is 0.376 e. The van der Waals surface area contributed by atoms with E-state index in [1.807, 2.05) is 37.5 Å². The maximum Gasteiger partial charge on any atom is 0.123 e. The van der Waals surface area contributed by atoms with Gasteiger partial charge in [0.2, 0.25) is 0 Å². The fraction of sp³-hybridized carbons (Fsp3) is 0.318. The summed E-state index contributed by atoms with van der Waals surface area (Å²) < 4.78 is 26.3. The molecule has 1 aromatic heterocycles. The molecule has 3 aromatic rings. The molecule has 29 heavy (non-hydrogen) atoms. The van der Waals surface area contributed by atoms with Gasteiger partial charge >= 0.3 is 0 Å². The van der Waals surface area contributed by atoms with Crippen molar-refractivity contribution < 1.29 is 13.9 Å². The molecule has 152 valence electrons. The first-order valence-corrected chi connectivity index (χ1v) is 9.95. The van der Waals surface area contributed by atoms with E-state index < -0.39 is 0 Å². The zero-order chi connectivity index (χ0) is 20.2. The number of benzene rings is 2. The average molecular weight is 416 g/mol. The van der Waals surface area contributed by atoms with E-state index in [1.54, 1.807) is 16.8 Å². The highest BCUT2D eigenvalue weighted by Gasteiger charge is 2.20. The van der Waals surface area contributed by atoms with Crippen molar-refractivity contribution in [3.05, 3.63) is 71.1 Å². The third-order valence-corrected chi connectivity index (χ3v) is 5.18. The Morgan fingerprint density at radius 1 is 1.17 bits per heavy atom. The van der Waals surface area contributed by atoms with Crippen LogP contribution in [0, 0.1) is 5.82 Å². The second-order valence-electron chi connectivity index (χ2n) is 7.17. The molecule has 2 aromatic carbocycles. The monoisotopic (exact) mass is 415 g/mol. The molecule has 7 heteroatoms. The SMILES string of the molecule is CN(Cc1cn(-c2ccc(F)cc2)nc1-c1ccccc1Cl)C[C@@H]1COCCO1. The minimum absolute atomic E-state index is 0.0599. The van der Waals surface area contributed by atoms with Gasteiger partial charge in [-0.05, 0) is 37.4 Å². The van der Waals surface area contributed by atoms with Gasteiger partial charge in [0.05, 0.1) is 42.3 Å². The summed E-state index contributed by atoms with van der Waals surface area (Å²) in [6.07, 6.45) is 2.03. The van der Waals surface area contributed by atoms with E-state index in [0.717, 1.165) is 29.1 Å². The van der Waals surface area contributed by atoms with Gasteiger partial charge in [-0.15, -0.1) is 0 Å². The molecule has 0 amide bonds. The van der Waals surface area contributed by atoms with E-state index in [2.05, 4.69) is 4.90 Å². The molecular weight excluding hydrogens is 393 g/mol. The molecule has 0 radical (unpaired) electrons. The zero-order valence-electron chi connectivity index (χ0n) is 16.2. The molecule has 0 saturated carbocycles. The van der Waals surface area contributed by atoms with Gasteiger partial charge in [-0.1, -0.05) is 29.8 Å². The summed E-state index contributed by atoms with van der Waals surface area (Å²) in [5, 5.41) is 5.41. The molecule has 5 nitrogen and oxygen atoms in total. The van der Waals surface area contributed by atoms with E-state index in [4.69, 9.17) is 26.2 Å². The Labute approximate surface area is 174 Å². The lowest BCUT2D eigenvalue weighted by molar-refractivity contribution is -0.0962. The first kappa shape index (κ1) is 20.0. The highest BCUT2D eigenvalue weighted by molar-refractivity contribution is 6.33. The van der Waals surface area contributed by atoms with Gasteiger partial charge in [0.1, 0.15) is 5.82 Å². The summed E-state index contributed by atoms with van der Waals surface area (Å²) >= 11 is 6.45. The number of aromatic nitrogens is 2. The molecule has 1 aliphatic rings. The van der Waals surface area contributed by atoms with Crippen molar-refractivity contribution in [1.29, 1.82) is 0 Å². The smallest absolute Gasteiger partial charge is 0.123 e. The molecule has 0 N–H and O–H groups in total. The predicted molar refractivity (Wildman–Crippen MR) is 111 cm³/mol. The van der Waals surface area contributed by atoms with Gasteiger partial charge < -0.3 is 9.47 Å². The van der Waals surface area contributed by atoms with Crippen molar-refractivity contribution in [2.75, 3.05) is 33.4 Å². The molecule has 1 aliphatic heterocycles. The average Bonchev–Trinajstić information content (AvgIpc) is 3.13. The maximum atomic E-state index is 13.3. The summed E-state index contributed by atoms with van der Waals surface area (Å²) in [5.41, 5.74) is 3.50. The first-order valence-electron chi connectivity index (χ1n) is 9.57. The molecular formula is C22H23ClFN3O2. The Hall–Kier alpha value is -2.25. The van der Waals surface area contributed by atoms with Crippen LogP contribution in [0.4, 0.5) is 4.39 Å². The molecule has 2 heterocycles. The first-order chi connectivity index (χ1) is 14.1. The van der Waals surface area contributed by atoms with Gasteiger partial charge in [0.25, 0.3) is 0 Å². The van der Waals surface area contributed by atoms with Gasteiger partial charge in [-0.25, -0.2) is 9.07 Å². The number of halogens is 2. The van der Waals surface area contributed by atoms with Crippen molar-refractivity contribution in [1.82, 2.24) is 14.7 Å². The van der Waals surface area contributed by atoms with Gasteiger partial charge in [0.15, 0.2) is 0 Å². The lowest BCUT2D eigenvalue weighted by Crippen LogP contribution is -2.38. The normalized spacial score (nSPS) is 17.0. The highest BCUT2D eigenvalue weighted by atomic mass is 35.5. The lowest BCUT2D eigenvalue weighted by atomic mass is 10.1. The molecule has 0 spiro atoms. The molecule has 1 fully saturated rings.